The highest BCUT2D eigenvalue weighted by Crippen LogP contribution is 2.31. The molecule has 0 bridgehead atoms. The summed E-state index contributed by atoms with van der Waals surface area (Å²) in [5, 5.41) is 11.5. The number of anilines is 2. The Hall–Kier alpha value is -3.28. The second kappa shape index (κ2) is 6.22. The normalized spacial score (nSPS) is 11.7. The predicted octanol–water partition coefficient (Wildman–Crippen LogP) is 5.99. The number of nitrogens with one attached hydrogen (secondary N) is 2. The minimum Gasteiger partial charge on any atom is -0.355 e. The van der Waals surface area contributed by atoms with Gasteiger partial charge in [0.05, 0.1) is 16.8 Å². The minimum atomic E-state index is -4.33. The van der Waals surface area contributed by atoms with Crippen molar-refractivity contribution >= 4 is 22.3 Å². The van der Waals surface area contributed by atoms with Crippen molar-refractivity contribution in [2.45, 2.75) is 6.18 Å². The molecule has 0 saturated heterocycles. The molecular weight excluding hydrogens is 339 g/mol. The fraction of sp³-hybridized carbons (Fsp3) is 0.0500. The standard InChI is InChI=1S/C20H14F3N3/c21-20(22,23)14-6-8-15(9-7-14)24-16-10-11-17-18(12-16)25-26-19(17)13-4-2-1-3-5-13/h1-12,24H,(H,25,26). The highest BCUT2D eigenvalue weighted by molar-refractivity contribution is 5.94. The second-order valence-corrected chi connectivity index (χ2v) is 5.90. The van der Waals surface area contributed by atoms with Crippen molar-refractivity contribution < 1.29 is 13.2 Å². The maximum absolute atomic E-state index is 12.6. The van der Waals surface area contributed by atoms with Crippen LogP contribution in [0, 0.1) is 0 Å². The Morgan fingerprint density at radius 1 is 0.808 bits per heavy atom. The summed E-state index contributed by atoms with van der Waals surface area (Å²) in [7, 11) is 0. The van der Waals surface area contributed by atoms with Gasteiger partial charge in [-0.1, -0.05) is 30.3 Å². The Morgan fingerprint density at radius 3 is 2.19 bits per heavy atom. The van der Waals surface area contributed by atoms with Crippen LogP contribution < -0.4 is 5.32 Å². The number of halogens is 3. The number of hydrogen-bond acceptors (Lipinski definition) is 2. The van der Waals surface area contributed by atoms with Gasteiger partial charge >= 0.3 is 6.18 Å². The van der Waals surface area contributed by atoms with E-state index in [1.807, 2.05) is 48.5 Å². The zero-order chi connectivity index (χ0) is 18.1. The quantitative estimate of drug-likeness (QED) is 0.475. The Bertz CT molecular complexity index is 1040. The lowest BCUT2D eigenvalue weighted by Crippen LogP contribution is -2.04. The van der Waals surface area contributed by atoms with E-state index in [0.717, 1.165) is 40.0 Å². The first-order valence-electron chi connectivity index (χ1n) is 7.98. The monoisotopic (exact) mass is 353 g/mol. The van der Waals surface area contributed by atoms with Gasteiger partial charge in [-0.15, -0.1) is 0 Å². The van der Waals surface area contributed by atoms with Gasteiger partial charge in [-0.05, 0) is 42.5 Å². The van der Waals surface area contributed by atoms with Gasteiger partial charge in [0.15, 0.2) is 0 Å². The summed E-state index contributed by atoms with van der Waals surface area (Å²) in [6.45, 7) is 0. The van der Waals surface area contributed by atoms with Crippen molar-refractivity contribution in [3.8, 4) is 11.3 Å². The van der Waals surface area contributed by atoms with Crippen LogP contribution in [0.3, 0.4) is 0 Å². The number of hydrogen-bond donors (Lipinski definition) is 2. The Kier molecular flexibility index (Phi) is 3.88. The van der Waals surface area contributed by atoms with Crippen LogP contribution in [-0.2, 0) is 6.18 Å². The first-order valence-corrected chi connectivity index (χ1v) is 7.98. The summed E-state index contributed by atoms with van der Waals surface area (Å²) in [4.78, 5) is 0. The molecule has 1 aromatic heterocycles. The van der Waals surface area contributed by atoms with Crippen molar-refractivity contribution in [3.05, 3.63) is 78.4 Å². The third-order valence-electron chi connectivity index (χ3n) is 4.11. The van der Waals surface area contributed by atoms with Gasteiger partial charge in [-0.25, -0.2) is 0 Å². The minimum absolute atomic E-state index is 0.583. The highest BCUT2D eigenvalue weighted by Gasteiger charge is 2.29. The summed E-state index contributed by atoms with van der Waals surface area (Å²) in [5.41, 5.74) is 3.41. The molecule has 0 amide bonds. The molecule has 0 aliphatic carbocycles. The topological polar surface area (TPSA) is 40.7 Å². The van der Waals surface area contributed by atoms with Gasteiger partial charge in [-0.2, -0.15) is 18.3 Å². The Balaban J connectivity index is 1.60. The van der Waals surface area contributed by atoms with Crippen LogP contribution in [-0.4, -0.2) is 10.2 Å². The number of rotatable bonds is 3. The molecule has 0 spiro atoms. The molecule has 3 aromatic carbocycles. The lowest BCUT2D eigenvalue weighted by atomic mass is 10.1. The maximum atomic E-state index is 12.6. The summed E-state index contributed by atoms with van der Waals surface area (Å²) < 4.78 is 37.9. The van der Waals surface area contributed by atoms with Crippen LogP contribution in [0.5, 0.6) is 0 Å². The molecule has 2 N–H and O–H groups in total. The van der Waals surface area contributed by atoms with Crippen molar-refractivity contribution in [1.82, 2.24) is 10.2 Å². The summed E-state index contributed by atoms with van der Waals surface area (Å²) in [6.07, 6.45) is -4.33. The third kappa shape index (κ3) is 3.13. The van der Waals surface area contributed by atoms with Crippen molar-refractivity contribution in [2.75, 3.05) is 5.32 Å². The van der Waals surface area contributed by atoms with Crippen LogP contribution in [0.4, 0.5) is 24.5 Å². The van der Waals surface area contributed by atoms with E-state index in [9.17, 15) is 13.2 Å². The fourth-order valence-electron chi connectivity index (χ4n) is 2.82. The van der Waals surface area contributed by atoms with Gasteiger partial charge in [0, 0.05) is 22.3 Å². The number of aromatic nitrogens is 2. The summed E-state index contributed by atoms with van der Waals surface area (Å²) >= 11 is 0. The average Bonchev–Trinajstić information content (AvgIpc) is 3.05. The zero-order valence-electron chi connectivity index (χ0n) is 13.5. The number of fused-ring (bicyclic) bond motifs is 1. The van der Waals surface area contributed by atoms with Crippen LogP contribution in [0.2, 0.25) is 0 Å². The van der Waals surface area contributed by atoms with Crippen LogP contribution in [0.25, 0.3) is 22.2 Å². The summed E-state index contributed by atoms with van der Waals surface area (Å²) in [5.74, 6) is 0. The number of H-pyrrole nitrogens is 1. The lowest BCUT2D eigenvalue weighted by molar-refractivity contribution is -0.137. The van der Waals surface area contributed by atoms with Gasteiger partial charge in [-0.3, -0.25) is 5.10 Å². The number of benzene rings is 3. The lowest BCUT2D eigenvalue weighted by Gasteiger charge is -2.09. The molecule has 4 aromatic rings. The number of alkyl halides is 3. The van der Waals surface area contributed by atoms with E-state index in [4.69, 9.17) is 0 Å². The zero-order valence-corrected chi connectivity index (χ0v) is 13.5. The van der Waals surface area contributed by atoms with Crippen molar-refractivity contribution in [3.63, 3.8) is 0 Å². The van der Waals surface area contributed by atoms with Crippen molar-refractivity contribution in [2.24, 2.45) is 0 Å². The molecule has 6 heteroatoms. The van der Waals surface area contributed by atoms with Gasteiger partial charge in [0.25, 0.3) is 0 Å². The highest BCUT2D eigenvalue weighted by atomic mass is 19.4. The molecule has 1 heterocycles. The molecule has 0 fully saturated rings. The molecule has 3 nitrogen and oxygen atoms in total. The van der Waals surface area contributed by atoms with Gasteiger partial charge in [0.2, 0.25) is 0 Å². The van der Waals surface area contributed by atoms with Crippen LogP contribution in [0.15, 0.2) is 72.8 Å². The van der Waals surface area contributed by atoms with Crippen molar-refractivity contribution in [1.29, 1.82) is 0 Å². The Morgan fingerprint density at radius 2 is 1.50 bits per heavy atom. The van der Waals surface area contributed by atoms with Crippen LogP contribution >= 0.6 is 0 Å². The molecular formula is C20H14F3N3. The molecule has 0 atom stereocenters. The molecule has 0 aliphatic heterocycles. The first-order chi connectivity index (χ1) is 12.5. The first kappa shape index (κ1) is 16.2. The largest absolute Gasteiger partial charge is 0.416 e. The van der Waals surface area contributed by atoms with E-state index in [1.54, 1.807) is 0 Å². The molecule has 4 rings (SSSR count). The molecule has 0 aliphatic rings. The maximum Gasteiger partial charge on any atom is 0.416 e. The van der Waals surface area contributed by atoms with Gasteiger partial charge in [0.1, 0.15) is 0 Å². The summed E-state index contributed by atoms with van der Waals surface area (Å²) in [6, 6.07) is 20.5. The molecule has 26 heavy (non-hydrogen) atoms. The predicted molar refractivity (Wildman–Crippen MR) is 96.3 cm³/mol. The molecule has 0 radical (unpaired) electrons. The number of nitrogens with zero attached hydrogens (tertiary/aromatic N) is 1. The molecule has 0 unspecified atom stereocenters. The van der Waals surface area contributed by atoms with Gasteiger partial charge < -0.3 is 5.32 Å². The van der Waals surface area contributed by atoms with E-state index >= 15 is 0 Å². The van der Waals surface area contributed by atoms with E-state index < -0.39 is 11.7 Å². The van der Waals surface area contributed by atoms with E-state index in [2.05, 4.69) is 15.5 Å². The second-order valence-electron chi connectivity index (χ2n) is 5.90. The SMILES string of the molecule is FC(F)(F)c1ccc(Nc2ccc3c(-c4ccccc4)n[nH]c3c2)cc1. The molecule has 130 valence electrons. The average molecular weight is 353 g/mol. The van der Waals surface area contributed by atoms with E-state index in [0.29, 0.717) is 5.69 Å². The van der Waals surface area contributed by atoms with E-state index in [1.165, 1.54) is 12.1 Å². The smallest absolute Gasteiger partial charge is 0.355 e. The third-order valence-corrected chi connectivity index (χ3v) is 4.11. The van der Waals surface area contributed by atoms with Crippen LogP contribution in [0.1, 0.15) is 5.56 Å². The Labute approximate surface area is 147 Å². The fourth-order valence-corrected chi connectivity index (χ4v) is 2.82. The van der Waals surface area contributed by atoms with E-state index in [-0.39, 0.29) is 0 Å². The number of aromatic amines is 1. The molecule has 0 saturated carbocycles.